The van der Waals surface area contributed by atoms with Gasteiger partial charge in [-0.1, -0.05) is 48.5 Å². The number of anilines is 1. The van der Waals surface area contributed by atoms with Gasteiger partial charge < -0.3 is 4.90 Å². The van der Waals surface area contributed by atoms with Gasteiger partial charge in [-0.2, -0.15) is 0 Å². The topological polar surface area (TPSA) is 3.24 Å². The highest BCUT2D eigenvalue weighted by Gasteiger charge is 2.16. The van der Waals surface area contributed by atoms with Crippen LogP contribution < -0.4 is 4.90 Å². The third-order valence-electron chi connectivity index (χ3n) is 4.29. The first-order valence-electron chi connectivity index (χ1n) is 8.69. The Labute approximate surface area is 150 Å². The van der Waals surface area contributed by atoms with Crippen molar-refractivity contribution in [2.24, 2.45) is 0 Å². The molecule has 0 saturated carbocycles. The molecular formula is C23H26FN. The Morgan fingerprint density at radius 3 is 2.20 bits per heavy atom. The average Bonchev–Trinajstić information content (AvgIpc) is 2.68. The van der Waals surface area contributed by atoms with Gasteiger partial charge >= 0.3 is 0 Å². The van der Waals surface area contributed by atoms with E-state index in [-0.39, 0.29) is 11.9 Å². The van der Waals surface area contributed by atoms with Crippen molar-refractivity contribution in [2.75, 3.05) is 11.4 Å². The Hall–Kier alpha value is -2.61. The Kier molecular flexibility index (Phi) is 7.21. The first kappa shape index (κ1) is 18.7. The van der Waals surface area contributed by atoms with E-state index in [1.54, 1.807) is 12.2 Å². The lowest BCUT2D eigenvalue weighted by molar-refractivity contribution is 0.626. The van der Waals surface area contributed by atoms with Crippen LogP contribution in [0.5, 0.6) is 0 Å². The molecule has 0 aromatic heterocycles. The maximum atomic E-state index is 13.1. The second-order valence-corrected chi connectivity index (χ2v) is 5.87. The van der Waals surface area contributed by atoms with Gasteiger partial charge in [0.15, 0.2) is 0 Å². The number of hydrogen-bond acceptors (Lipinski definition) is 1. The van der Waals surface area contributed by atoms with Crippen molar-refractivity contribution in [1.82, 2.24) is 0 Å². The zero-order valence-corrected chi connectivity index (χ0v) is 14.9. The maximum Gasteiger partial charge on any atom is 0.119 e. The van der Waals surface area contributed by atoms with Crippen LogP contribution in [0.2, 0.25) is 0 Å². The summed E-state index contributed by atoms with van der Waals surface area (Å²) in [6, 6.07) is 19.5. The van der Waals surface area contributed by atoms with Gasteiger partial charge in [0, 0.05) is 12.2 Å². The molecule has 1 unspecified atom stereocenters. The van der Waals surface area contributed by atoms with Gasteiger partial charge in [-0.15, -0.1) is 13.2 Å². The zero-order chi connectivity index (χ0) is 18.1. The van der Waals surface area contributed by atoms with E-state index in [2.05, 4.69) is 73.5 Å². The minimum absolute atomic E-state index is 0.129. The van der Waals surface area contributed by atoms with Crippen LogP contribution in [-0.2, 0) is 6.42 Å². The highest BCUT2D eigenvalue weighted by atomic mass is 19.1. The molecule has 2 aromatic rings. The molecule has 1 aliphatic carbocycles. The lowest BCUT2D eigenvalue weighted by atomic mass is 10.0. The van der Waals surface area contributed by atoms with E-state index in [0.717, 1.165) is 19.4 Å². The molecule has 130 valence electrons. The number of nitrogens with zero attached hydrogens (tertiary/aromatic N) is 1. The van der Waals surface area contributed by atoms with E-state index in [4.69, 9.17) is 0 Å². The van der Waals surface area contributed by atoms with Crippen molar-refractivity contribution in [3.05, 3.63) is 103 Å². The smallest absolute Gasteiger partial charge is 0.119 e. The van der Waals surface area contributed by atoms with E-state index in [1.165, 1.54) is 16.8 Å². The van der Waals surface area contributed by atoms with E-state index < -0.39 is 0 Å². The van der Waals surface area contributed by atoms with Gasteiger partial charge in [0.25, 0.3) is 0 Å². The van der Waals surface area contributed by atoms with Gasteiger partial charge in [0.2, 0.25) is 0 Å². The molecule has 2 heteroatoms. The molecule has 1 atom stereocenters. The SMILES string of the molecule is C=C.CCN(c1ccc(Cc2ccccc2)cc1)C1C=CC(F)=CC1. The summed E-state index contributed by atoms with van der Waals surface area (Å²) < 4.78 is 13.1. The average molecular weight is 335 g/mol. The van der Waals surface area contributed by atoms with Gasteiger partial charge in [0.1, 0.15) is 5.83 Å². The van der Waals surface area contributed by atoms with Gasteiger partial charge in [-0.05, 0) is 55.2 Å². The van der Waals surface area contributed by atoms with E-state index in [9.17, 15) is 4.39 Å². The summed E-state index contributed by atoms with van der Waals surface area (Å²) >= 11 is 0. The van der Waals surface area contributed by atoms with Crippen molar-refractivity contribution in [3.63, 3.8) is 0 Å². The first-order valence-corrected chi connectivity index (χ1v) is 8.69. The number of likely N-dealkylation sites (N-methyl/N-ethyl adjacent to an activating group) is 1. The summed E-state index contributed by atoms with van der Waals surface area (Å²) in [4.78, 5) is 2.31. The molecule has 0 fully saturated rings. The van der Waals surface area contributed by atoms with Crippen LogP contribution in [0.15, 0.2) is 91.8 Å². The van der Waals surface area contributed by atoms with E-state index in [1.807, 2.05) is 12.1 Å². The van der Waals surface area contributed by atoms with Crippen LogP contribution in [0.4, 0.5) is 10.1 Å². The quantitative estimate of drug-likeness (QED) is 0.598. The molecule has 0 heterocycles. The number of rotatable bonds is 5. The zero-order valence-electron chi connectivity index (χ0n) is 14.9. The molecule has 0 radical (unpaired) electrons. The predicted molar refractivity (Wildman–Crippen MR) is 107 cm³/mol. The molecule has 1 nitrogen and oxygen atoms in total. The number of hydrogen-bond donors (Lipinski definition) is 0. The fraction of sp³-hybridized carbons (Fsp3) is 0.217. The van der Waals surface area contributed by atoms with E-state index >= 15 is 0 Å². The molecule has 2 aromatic carbocycles. The lowest BCUT2D eigenvalue weighted by Gasteiger charge is -2.31. The minimum Gasteiger partial charge on any atom is -0.365 e. The number of allylic oxidation sites excluding steroid dienone is 2. The molecule has 0 saturated heterocycles. The highest BCUT2D eigenvalue weighted by Crippen LogP contribution is 2.24. The second-order valence-electron chi connectivity index (χ2n) is 5.87. The van der Waals surface area contributed by atoms with Crippen LogP contribution in [0.3, 0.4) is 0 Å². The van der Waals surface area contributed by atoms with Crippen LogP contribution in [-0.4, -0.2) is 12.6 Å². The Morgan fingerprint density at radius 2 is 1.64 bits per heavy atom. The number of benzene rings is 2. The van der Waals surface area contributed by atoms with Gasteiger partial charge in [-0.25, -0.2) is 4.39 Å². The molecular weight excluding hydrogens is 309 g/mol. The van der Waals surface area contributed by atoms with E-state index in [0.29, 0.717) is 0 Å². The third kappa shape index (κ3) is 5.18. The summed E-state index contributed by atoms with van der Waals surface area (Å²) in [6.07, 6.45) is 6.86. The molecule has 1 aliphatic rings. The third-order valence-corrected chi connectivity index (χ3v) is 4.29. The summed E-state index contributed by atoms with van der Waals surface area (Å²) in [5.41, 5.74) is 3.82. The molecule has 0 amide bonds. The highest BCUT2D eigenvalue weighted by molar-refractivity contribution is 5.50. The standard InChI is InChI=1S/C21H22FN.C2H4/c1-2-23(21-14-10-19(22)11-15-21)20-12-8-18(9-13-20)16-17-6-4-3-5-7-17;1-2/h3-14,21H,2,15-16H2,1H3;1-2H2. The van der Waals surface area contributed by atoms with Gasteiger partial charge in [-0.3, -0.25) is 0 Å². The Morgan fingerprint density at radius 1 is 1.00 bits per heavy atom. The predicted octanol–water partition coefficient (Wildman–Crippen LogP) is 6.09. The fourth-order valence-corrected chi connectivity index (χ4v) is 3.06. The molecule has 0 bridgehead atoms. The van der Waals surface area contributed by atoms with Crippen molar-refractivity contribution in [2.45, 2.75) is 25.8 Å². The van der Waals surface area contributed by atoms with Crippen molar-refractivity contribution in [3.8, 4) is 0 Å². The molecule has 0 N–H and O–H groups in total. The summed E-state index contributed by atoms with van der Waals surface area (Å²) in [5.74, 6) is -0.129. The second kappa shape index (κ2) is 9.63. The normalized spacial score (nSPS) is 15.8. The van der Waals surface area contributed by atoms with Gasteiger partial charge in [0.05, 0.1) is 6.04 Å². The largest absolute Gasteiger partial charge is 0.365 e. The first-order chi connectivity index (χ1) is 12.3. The Balaban J connectivity index is 0.00000109. The molecule has 0 aliphatic heterocycles. The maximum absolute atomic E-state index is 13.1. The van der Waals surface area contributed by atoms with Crippen LogP contribution in [0.1, 0.15) is 24.5 Å². The van der Waals surface area contributed by atoms with Crippen molar-refractivity contribution in [1.29, 1.82) is 0 Å². The number of halogens is 1. The summed E-state index contributed by atoms with van der Waals surface area (Å²) in [6.45, 7) is 9.04. The fourth-order valence-electron chi connectivity index (χ4n) is 3.06. The van der Waals surface area contributed by atoms with Crippen LogP contribution in [0.25, 0.3) is 0 Å². The minimum atomic E-state index is -0.129. The van der Waals surface area contributed by atoms with Crippen molar-refractivity contribution >= 4 is 5.69 Å². The summed E-state index contributed by atoms with van der Waals surface area (Å²) in [7, 11) is 0. The molecule has 3 rings (SSSR count). The van der Waals surface area contributed by atoms with Crippen molar-refractivity contribution < 1.29 is 4.39 Å². The lowest BCUT2D eigenvalue weighted by Crippen LogP contribution is -2.34. The Bertz CT molecular complexity index is 701. The van der Waals surface area contributed by atoms with Crippen LogP contribution >= 0.6 is 0 Å². The summed E-state index contributed by atoms with van der Waals surface area (Å²) in [5, 5.41) is 0. The van der Waals surface area contributed by atoms with Crippen LogP contribution in [0, 0.1) is 0 Å². The monoisotopic (exact) mass is 335 g/mol. The molecule has 25 heavy (non-hydrogen) atoms. The molecule has 0 spiro atoms.